The van der Waals surface area contributed by atoms with Crippen LogP contribution in [0.2, 0.25) is 0 Å². The Morgan fingerprint density at radius 3 is 2.53 bits per heavy atom. The van der Waals surface area contributed by atoms with Crippen LogP contribution in [0.5, 0.6) is 0 Å². The maximum absolute atomic E-state index is 5.87. The van der Waals surface area contributed by atoms with Crippen molar-refractivity contribution in [3.63, 3.8) is 0 Å². The summed E-state index contributed by atoms with van der Waals surface area (Å²) in [5, 5.41) is 0. The summed E-state index contributed by atoms with van der Waals surface area (Å²) in [6.45, 7) is 6.26. The van der Waals surface area contributed by atoms with E-state index < -0.39 is 0 Å². The lowest BCUT2D eigenvalue weighted by Crippen LogP contribution is -2.55. The van der Waals surface area contributed by atoms with Crippen molar-refractivity contribution in [3.8, 4) is 0 Å². The monoisotopic (exact) mass is 234 g/mol. The molecule has 0 aromatic heterocycles. The molecule has 0 radical (unpaired) electrons. The maximum Gasteiger partial charge on any atom is 0.0748 e. The van der Waals surface area contributed by atoms with Gasteiger partial charge in [-0.2, -0.15) is 0 Å². The van der Waals surface area contributed by atoms with Crippen molar-refractivity contribution in [3.05, 3.63) is 35.9 Å². The SMILES string of the molecule is CC1(C)C[C@](CC[NH3+])(c2ccccc2)CCO1. The van der Waals surface area contributed by atoms with Crippen molar-refractivity contribution in [1.82, 2.24) is 0 Å². The zero-order chi connectivity index (χ0) is 12.4. The number of benzene rings is 1. The van der Waals surface area contributed by atoms with Crippen LogP contribution in [0.3, 0.4) is 0 Å². The van der Waals surface area contributed by atoms with Gasteiger partial charge in [-0.05, 0) is 32.3 Å². The highest BCUT2D eigenvalue weighted by Crippen LogP contribution is 2.43. The molecule has 1 heterocycles. The summed E-state index contributed by atoms with van der Waals surface area (Å²) in [4.78, 5) is 0. The van der Waals surface area contributed by atoms with Crippen LogP contribution in [-0.4, -0.2) is 18.8 Å². The molecule has 1 aromatic carbocycles. The molecule has 0 spiro atoms. The lowest BCUT2D eigenvalue weighted by atomic mass is 9.67. The molecule has 1 aliphatic rings. The van der Waals surface area contributed by atoms with Crippen LogP contribution in [0.25, 0.3) is 0 Å². The van der Waals surface area contributed by atoms with Crippen molar-refractivity contribution < 1.29 is 10.5 Å². The van der Waals surface area contributed by atoms with Crippen molar-refractivity contribution in [2.24, 2.45) is 0 Å². The van der Waals surface area contributed by atoms with Gasteiger partial charge in [-0.1, -0.05) is 30.3 Å². The standard InChI is InChI=1S/C15H23NO/c1-14(2)12-15(8-10-16,9-11-17-14)13-6-4-3-5-7-13/h3-7H,8-12,16H2,1-2H3/p+1/t15-/m1/s1. The van der Waals surface area contributed by atoms with E-state index in [4.69, 9.17) is 4.74 Å². The zero-order valence-electron chi connectivity index (χ0n) is 11.0. The molecule has 2 heteroatoms. The highest BCUT2D eigenvalue weighted by molar-refractivity contribution is 5.26. The molecule has 1 saturated heterocycles. The molecule has 1 atom stereocenters. The van der Waals surface area contributed by atoms with Crippen molar-refractivity contribution in [2.45, 2.75) is 44.1 Å². The Morgan fingerprint density at radius 2 is 1.94 bits per heavy atom. The van der Waals surface area contributed by atoms with Gasteiger partial charge >= 0.3 is 0 Å². The lowest BCUT2D eigenvalue weighted by molar-refractivity contribution is -0.372. The third-order valence-corrected chi connectivity index (χ3v) is 3.88. The minimum absolute atomic E-state index is 0.0107. The Kier molecular flexibility index (Phi) is 3.55. The first-order valence-electron chi connectivity index (χ1n) is 6.57. The highest BCUT2D eigenvalue weighted by atomic mass is 16.5. The Bertz CT molecular complexity index is 356. The highest BCUT2D eigenvalue weighted by Gasteiger charge is 2.41. The largest absolute Gasteiger partial charge is 0.376 e. The van der Waals surface area contributed by atoms with E-state index in [1.807, 2.05) is 0 Å². The molecule has 2 rings (SSSR count). The molecule has 17 heavy (non-hydrogen) atoms. The van der Waals surface area contributed by atoms with Crippen LogP contribution in [0.1, 0.15) is 38.7 Å². The molecule has 3 N–H and O–H groups in total. The second-order valence-electron chi connectivity index (χ2n) is 5.78. The normalized spacial score (nSPS) is 27.9. The average molecular weight is 234 g/mol. The van der Waals surface area contributed by atoms with Gasteiger partial charge in [0.1, 0.15) is 0 Å². The minimum Gasteiger partial charge on any atom is -0.376 e. The molecule has 0 unspecified atom stereocenters. The Hall–Kier alpha value is -0.860. The van der Waals surface area contributed by atoms with E-state index in [1.54, 1.807) is 0 Å². The minimum atomic E-state index is -0.0107. The summed E-state index contributed by atoms with van der Waals surface area (Å²) in [5.41, 5.74) is 5.77. The van der Waals surface area contributed by atoms with Crippen LogP contribution >= 0.6 is 0 Å². The predicted molar refractivity (Wildman–Crippen MR) is 69.8 cm³/mol. The smallest absolute Gasteiger partial charge is 0.0748 e. The van der Waals surface area contributed by atoms with Gasteiger partial charge in [0.25, 0.3) is 0 Å². The second-order valence-corrected chi connectivity index (χ2v) is 5.78. The zero-order valence-corrected chi connectivity index (χ0v) is 11.0. The summed E-state index contributed by atoms with van der Waals surface area (Å²) in [7, 11) is 0. The Morgan fingerprint density at radius 1 is 1.24 bits per heavy atom. The number of rotatable bonds is 3. The maximum atomic E-state index is 5.87. The number of quaternary nitrogens is 1. The first-order valence-corrected chi connectivity index (χ1v) is 6.57. The second kappa shape index (κ2) is 4.79. The number of hydrogen-bond acceptors (Lipinski definition) is 1. The van der Waals surface area contributed by atoms with Gasteiger partial charge in [-0.25, -0.2) is 0 Å². The summed E-state index contributed by atoms with van der Waals surface area (Å²) >= 11 is 0. The van der Waals surface area contributed by atoms with E-state index in [0.717, 1.165) is 32.4 Å². The van der Waals surface area contributed by atoms with E-state index in [9.17, 15) is 0 Å². The molecule has 2 nitrogen and oxygen atoms in total. The van der Waals surface area contributed by atoms with Crippen molar-refractivity contribution in [2.75, 3.05) is 13.2 Å². The molecule has 1 fully saturated rings. The third-order valence-electron chi connectivity index (χ3n) is 3.88. The molecule has 0 aliphatic carbocycles. The van der Waals surface area contributed by atoms with Gasteiger partial charge in [0.05, 0.1) is 12.1 Å². The van der Waals surface area contributed by atoms with Gasteiger partial charge in [0, 0.05) is 18.4 Å². The van der Waals surface area contributed by atoms with E-state index in [1.165, 1.54) is 5.56 Å². The fourth-order valence-corrected chi connectivity index (χ4v) is 3.21. The van der Waals surface area contributed by atoms with Gasteiger partial charge < -0.3 is 10.5 Å². The quantitative estimate of drug-likeness (QED) is 0.855. The fraction of sp³-hybridized carbons (Fsp3) is 0.600. The molecular formula is C15H24NO+. The summed E-state index contributed by atoms with van der Waals surface area (Å²) in [6.07, 6.45) is 3.37. The molecule has 0 saturated carbocycles. The predicted octanol–water partition coefficient (Wildman–Crippen LogP) is 2.15. The van der Waals surface area contributed by atoms with Crippen LogP contribution in [-0.2, 0) is 10.2 Å². The topological polar surface area (TPSA) is 36.9 Å². The number of ether oxygens (including phenoxy) is 1. The average Bonchev–Trinajstić information content (AvgIpc) is 2.29. The first-order chi connectivity index (χ1) is 8.08. The molecule has 94 valence electrons. The summed E-state index contributed by atoms with van der Waals surface area (Å²) in [5.74, 6) is 0. The molecule has 1 aliphatic heterocycles. The molecule has 0 amide bonds. The van der Waals surface area contributed by atoms with Crippen molar-refractivity contribution in [1.29, 1.82) is 0 Å². The summed E-state index contributed by atoms with van der Waals surface area (Å²) in [6, 6.07) is 10.9. The lowest BCUT2D eigenvalue weighted by Gasteiger charge is -2.45. The van der Waals surface area contributed by atoms with E-state index in [-0.39, 0.29) is 11.0 Å². The Labute approximate surface area is 104 Å². The third kappa shape index (κ3) is 2.70. The van der Waals surface area contributed by atoms with Gasteiger partial charge in [0.15, 0.2) is 0 Å². The van der Waals surface area contributed by atoms with E-state index in [0.29, 0.717) is 0 Å². The van der Waals surface area contributed by atoms with Gasteiger partial charge in [-0.3, -0.25) is 0 Å². The van der Waals surface area contributed by atoms with Crippen LogP contribution in [0, 0.1) is 0 Å². The fourth-order valence-electron chi connectivity index (χ4n) is 3.21. The first kappa shape index (κ1) is 12.6. The molecule has 1 aromatic rings. The van der Waals surface area contributed by atoms with E-state index >= 15 is 0 Å². The molecular weight excluding hydrogens is 210 g/mol. The van der Waals surface area contributed by atoms with Crippen LogP contribution in [0.4, 0.5) is 0 Å². The number of hydrogen-bond donors (Lipinski definition) is 1. The summed E-state index contributed by atoms with van der Waals surface area (Å²) < 4.78 is 5.87. The van der Waals surface area contributed by atoms with Gasteiger partial charge in [-0.15, -0.1) is 0 Å². The van der Waals surface area contributed by atoms with Crippen molar-refractivity contribution >= 4 is 0 Å². The van der Waals surface area contributed by atoms with E-state index in [2.05, 4.69) is 49.9 Å². The van der Waals surface area contributed by atoms with Crippen LogP contribution < -0.4 is 5.73 Å². The van der Waals surface area contributed by atoms with Gasteiger partial charge in [0.2, 0.25) is 0 Å². The molecule has 0 bridgehead atoms. The van der Waals surface area contributed by atoms with Crippen LogP contribution in [0.15, 0.2) is 30.3 Å². The Balaban J connectivity index is 2.32.